The van der Waals surface area contributed by atoms with E-state index in [1.54, 1.807) is 18.4 Å². The summed E-state index contributed by atoms with van der Waals surface area (Å²) in [4.78, 5) is 13.6. The molecule has 0 radical (unpaired) electrons. The van der Waals surface area contributed by atoms with Crippen molar-refractivity contribution < 1.29 is 9.53 Å². The Hall–Kier alpha value is -1.81. The van der Waals surface area contributed by atoms with Crippen LogP contribution in [0.3, 0.4) is 0 Å². The van der Waals surface area contributed by atoms with Crippen molar-refractivity contribution in [2.24, 2.45) is 0 Å². The summed E-state index contributed by atoms with van der Waals surface area (Å²) in [6.45, 7) is 0. The van der Waals surface area contributed by atoms with E-state index in [1.807, 2.05) is 41.8 Å². The molecule has 3 nitrogen and oxygen atoms in total. The van der Waals surface area contributed by atoms with Gasteiger partial charge in [-0.25, -0.2) is 0 Å². The molecular formula is C15H15NO2S. The van der Waals surface area contributed by atoms with Crippen LogP contribution in [-0.4, -0.2) is 13.0 Å². The minimum atomic E-state index is -0.294. The fourth-order valence-electron chi connectivity index (χ4n) is 2.21. The number of ether oxygens (including phenoxy) is 1. The fourth-order valence-corrected chi connectivity index (χ4v) is 3.20. The highest BCUT2D eigenvalue weighted by Crippen LogP contribution is 2.50. The van der Waals surface area contributed by atoms with Crippen molar-refractivity contribution in [3.63, 3.8) is 0 Å². The number of methoxy groups -OCH3 is 1. The van der Waals surface area contributed by atoms with Gasteiger partial charge in [-0.15, -0.1) is 11.3 Å². The summed E-state index contributed by atoms with van der Waals surface area (Å²) in [5.41, 5.74) is 0.490. The third-order valence-corrected chi connectivity index (χ3v) is 4.58. The molecule has 19 heavy (non-hydrogen) atoms. The Morgan fingerprint density at radius 2 is 2.16 bits per heavy atom. The lowest BCUT2D eigenvalue weighted by Gasteiger charge is -2.14. The molecule has 98 valence electrons. The molecule has 0 bridgehead atoms. The van der Waals surface area contributed by atoms with E-state index in [-0.39, 0.29) is 11.3 Å². The lowest BCUT2D eigenvalue weighted by molar-refractivity contribution is -0.118. The summed E-state index contributed by atoms with van der Waals surface area (Å²) >= 11 is 1.65. The van der Waals surface area contributed by atoms with Crippen molar-refractivity contribution in [2.45, 2.75) is 18.3 Å². The molecule has 0 aliphatic heterocycles. The van der Waals surface area contributed by atoms with E-state index < -0.39 is 0 Å². The maximum absolute atomic E-state index is 12.4. The zero-order chi connectivity index (χ0) is 13.3. The second-order valence-electron chi connectivity index (χ2n) is 4.75. The van der Waals surface area contributed by atoms with Crippen LogP contribution >= 0.6 is 11.3 Å². The average Bonchev–Trinajstić information content (AvgIpc) is 3.07. The van der Waals surface area contributed by atoms with Crippen LogP contribution in [0.4, 0.5) is 5.69 Å². The molecule has 1 N–H and O–H groups in total. The normalized spacial score (nSPS) is 15.8. The highest BCUT2D eigenvalue weighted by Gasteiger charge is 2.52. The molecule has 1 saturated carbocycles. The molecule has 1 heterocycles. The second kappa shape index (κ2) is 4.70. The Labute approximate surface area is 116 Å². The minimum Gasteiger partial charge on any atom is -0.497 e. The Kier molecular flexibility index (Phi) is 3.03. The molecule has 0 unspecified atom stereocenters. The third kappa shape index (κ3) is 2.24. The molecule has 1 fully saturated rings. The number of hydrogen-bond donors (Lipinski definition) is 1. The van der Waals surface area contributed by atoms with Gasteiger partial charge in [0.25, 0.3) is 0 Å². The molecule has 1 aliphatic carbocycles. The van der Waals surface area contributed by atoms with E-state index in [9.17, 15) is 4.79 Å². The predicted octanol–water partition coefficient (Wildman–Crippen LogP) is 3.43. The predicted molar refractivity (Wildman–Crippen MR) is 76.9 cm³/mol. The van der Waals surface area contributed by atoms with Crippen LogP contribution in [0.2, 0.25) is 0 Å². The number of carbonyl (C=O) groups excluding carboxylic acids is 1. The number of hydrogen-bond acceptors (Lipinski definition) is 3. The smallest absolute Gasteiger partial charge is 0.235 e. The van der Waals surface area contributed by atoms with Gasteiger partial charge in [-0.2, -0.15) is 0 Å². The fraction of sp³-hybridized carbons (Fsp3) is 0.267. The lowest BCUT2D eigenvalue weighted by Crippen LogP contribution is -2.26. The maximum atomic E-state index is 12.4. The SMILES string of the molecule is COc1cccc(NC(=O)C2(c3cccs3)CC2)c1. The molecular weight excluding hydrogens is 258 g/mol. The van der Waals surface area contributed by atoms with Gasteiger partial charge in [0.15, 0.2) is 0 Å². The first-order valence-electron chi connectivity index (χ1n) is 6.24. The highest BCUT2D eigenvalue weighted by molar-refractivity contribution is 7.10. The number of benzene rings is 1. The second-order valence-corrected chi connectivity index (χ2v) is 5.69. The number of thiophene rings is 1. The topological polar surface area (TPSA) is 38.3 Å². The highest BCUT2D eigenvalue weighted by atomic mass is 32.1. The van der Waals surface area contributed by atoms with Crippen LogP contribution in [0.15, 0.2) is 41.8 Å². The van der Waals surface area contributed by atoms with Crippen LogP contribution in [0.1, 0.15) is 17.7 Å². The molecule has 1 amide bonds. The van der Waals surface area contributed by atoms with Gasteiger partial charge in [-0.1, -0.05) is 12.1 Å². The summed E-state index contributed by atoms with van der Waals surface area (Å²) in [6, 6.07) is 11.5. The molecule has 2 aromatic rings. The van der Waals surface area contributed by atoms with Crippen LogP contribution in [-0.2, 0) is 10.2 Å². The van der Waals surface area contributed by atoms with Gasteiger partial charge in [0.2, 0.25) is 5.91 Å². The van der Waals surface area contributed by atoms with E-state index in [0.717, 1.165) is 29.2 Å². The summed E-state index contributed by atoms with van der Waals surface area (Å²) in [5.74, 6) is 0.835. The Bertz CT molecular complexity index is 588. The van der Waals surface area contributed by atoms with E-state index in [0.29, 0.717) is 0 Å². The van der Waals surface area contributed by atoms with Gasteiger partial charge < -0.3 is 10.1 Å². The Balaban J connectivity index is 1.78. The Morgan fingerprint density at radius 1 is 1.32 bits per heavy atom. The van der Waals surface area contributed by atoms with Gasteiger partial charge in [0.1, 0.15) is 5.75 Å². The number of rotatable bonds is 4. The largest absolute Gasteiger partial charge is 0.497 e. The van der Waals surface area contributed by atoms with Gasteiger partial charge in [0, 0.05) is 16.6 Å². The first-order valence-corrected chi connectivity index (χ1v) is 7.12. The van der Waals surface area contributed by atoms with Crippen molar-refractivity contribution in [3.8, 4) is 5.75 Å². The third-order valence-electron chi connectivity index (χ3n) is 3.51. The number of amides is 1. The van der Waals surface area contributed by atoms with Crippen LogP contribution < -0.4 is 10.1 Å². The summed E-state index contributed by atoms with van der Waals surface area (Å²) in [7, 11) is 1.62. The van der Waals surface area contributed by atoms with Crippen LogP contribution in [0, 0.1) is 0 Å². The van der Waals surface area contributed by atoms with Gasteiger partial charge >= 0.3 is 0 Å². The zero-order valence-corrected chi connectivity index (χ0v) is 11.5. The minimum absolute atomic E-state index is 0.0863. The van der Waals surface area contributed by atoms with E-state index in [1.165, 1.54) is 0 Å². The average molecular weight is 273 g/mol. The summed E-state index contributed by atoms with van der Waals surface area (Å²) < 4.78 is 5.16. The van der Waals surface area contributed by atoms with Gasteiger partial charge in [-0.3, -0.25) is 4.79 Å². The summed E-state index contributed by atoms with van der Waals surface area (Å²) in [5, 5.41) is 5.02. The first kappa shape index (κ1) is 12.2. The molecule has 4 heteroatoms. The monoisotopic (exact) mass is 273 g/mol. The molecule has 0 saturated heterocycles. The van der Waals surface area contributed by atoms with Crippen LogP contribution in [0.5, 0.6) is 5.75 Å². The molecule has 1 aromatic carbocycles. The molecule has 3 rings (SSSR count). The van der Waals surface area contributed by atoms with E-state index in [4.69, 9.17) is 4.74 Å². The van der Waals surface area contributed by atoms with Crippen molar-refractivity contribution in [2.75, 3.05) is 12.4 Å². The maximum Gasteiger partial charge on any atom is 0.235 e. The van der Waals surface area contributed by atoms with E-state index in [2.05, 4.69) is 5.32 Å². The number of anilines is 1. The van der Waals surface area contributed by atoms with Gasteiger partial charge in [-0.05, 0) is 36.4 Å². The van der Waals surface area contributed by atoms with Crippen molar-refractivity contribution in [1.29, 1.82) is 0 Å². The van der Waals surface area contributed by atoms with Crippen molar-refractivity contribution in [3.05, 3.63) is 46.7 Å². The van der Waals surface area contributed by atoms with E-state index >= 15 is 0 Å². The molecule has 0 spiro atoms. The molecule has 1 aliphatic rings. The molecule has 1 aromatic heterocycles. The zero-order valence-electron chi connectivity index (χ0n) is 10.7. The van der Waals surface area contributed by atoms with Crippen molar-refractivity contribution in [1.82, 2.24) is 0 Å². The standard InChI is InChI=1S/C15H15NO2S/c1-18-12-5-2-4-11(10-12)16-14(17)15(7-8-15)13-6-3-9-19-13/h2-6,9-10H,7-8H2,1H3,(H,16,17). The van der Waals surface area contributed by atoms with Crippen molar-refractivity contribution >= 4 is 22.9 Å². The quantitative estimate of drug-likeness (QED) is 0.927. The first-order chi connectivity index (χ1) is 9.24. The van der Waals surface area contributed by atoms with Crippen LogP contribution in [0.25, 0.3) is 0 Å². The number of carbonyl (C=O) groups is 1. The Morgan fingerprint density at radius 3 is 2.79 bits per heavy atom. The lowest BCUT2D eigenvalue weighted by atomic mass is 10.0. The molecule has 0 atom stereocenters. The number of nitrogens with one attached hydrogen (secondary N) is 1. The van der Waals surface area contributed by atoms with Gasteiger partial charge in [0.05, 0.1) is 12.5 Å². The summed E-state index contributed by atoms with van der Waals surface area (Å²) in [6.07, 6.45) is 1.87.